The Hall–Kier alpha value is -1.72. The average Bonchev–Trinajstić information content (AvgIpc) is 3.09. The summed E-state index contributed by atoms with van der Waals surface area (Å²) in [4.78, 5) is 14.6. The van der Waals surface area contributed by atoms with Crippen LogP contribution in [0.4, 0.5) is 18.9 Å². The van der Waals surface area contributed by atoms with Crippen LogP contribution in [0, 0.1) is 17.8 Å². The number of nitrogens with one attached hydrogen (secondary N) is 1. The van der Waals surface area contributed by atoms with Crippen molar-refractivity contribution >= 4 is 11.6 Å². The number of benzene rings is 1. The van der Waals surface area contributed by atoms with Crippen molar-refractivity contribution in [2.24, 2.45) is 17.8 Å². The quantitative estimate of drug-likeness (QED) is 0.886. The summed E-state index contributed by atoms with van der Waals surface area (Å²) in [5, 5.41) is 2.80. The highest BCUT2D eigenvalue weighted by Crippen LogP contribution is 2.41. The number of para-hydroxylation sites is 1. The molecule has 1 aliphatic carbocycles. The highest BCUT2D eigenvalue weighted by Gasteiger charge is 2.48. The van der Waals surface area contributed by atoms with Crippen molar-refractivity contribution in [1.29, 1.82) is 0 Å². The van der Waals surface area contributed by atoms with E-state index in [0.717, 1.165) is 25.2 Å². The van der Waals surface area contributed by atoms with Crippen molar-refractivity contribution in [3.05, 3.63) is 30.3 Å². The fourth-order valence-corrected chi connectivity index (χ4v) is 4.09. The number of alkyl halides is 3. The Morgan fingerprint density at radius 3 is 2.56 bits per heavy atom. The number of rotatable bonds is 4. The molecule has 0 bridgehead atoms. The van der Waals surface area contributed by atoms with Crippen LogP contribution in [0.1, 0.15) is 32.1 Å². The molecule has 3 rings (SSSR count). The Kier molecular flexibility index (Phi) is 5.54. The van der Waals surface area contributed by atoms with E-state index < -0.39 is 23.9 Å². The summed E-state index contributed by atoms with van der Waals surface area (Å²) in [6, 6.07) is 10.1. The molecule has 1 amide bonds. The van der Waals surface area contributed by atoms with Gasteiger partial charge in [-0.25, -0.2) is 0 Å². The minimum Gasteiger partial charge on any atom is -0.371 e. The summed E-state index contributed by atoms with van der Waals surface area (Å²) in [6.07, 6.45) is -1.65. The van der Waals surface area contributed by atoms with Crippen molar-refractivity contribution in [3.8, 4) is 0 Å². The van der Waals surface area contributed by atoms with Crippen LogP contribution in [0.5, 0.6) is 0 Å². The maximum atomic E-state index is 13.1. The number of halogens is 3. The van der Waals surface area contributed by atoms with E-state index in [0.29, 0.717) is 25.8 Å². The Bertz CT molecular complexity index is 576. The van der Waals surface area contributed by atoms with E-state index in [2.05, 4.69) is 22.3 Å². The number of anilines is 1. The zero-order chi connectivity index (χ0) is 17.9. The molecule has 6 heteroatoms. The molecule has 0 aromatic heterocycles. The van der Waals surface area contributed by atoms with Crippen molar-refractivity contribution in [2.45, 2.75) is 38.3 Å². The Morgan fingerprint density at radius 1 is 1.12 bits per heavy atom. The average molecular weight is 354 g/mol. The van der Waals surface area contributed by atoms with Gasteiger partial charge >= 0.3 is 6.18 Å². The summed E-state index contributed by atoms with van der Waals surface area (Å²) in [7, 11) is 0. The molecule has 0 spiro atoms. The van der Waals surface area contributed by atoms with E-state index in [4.69, 9.17) is 0 Å². The molecule has 0 radical (unpaired) electrons. The second-order valence-corrected chi connectivity index (χ2v) is 7.22. The summed E-state index contributed by atoms with van der Waals surface area (Å²) >= 11 is 0. The van der Waals surface area contributed by atoms with E-state index in [-0.39, 0.29) is 12.3 Å². The van der Waals surface area contributed by atoms with Gasteiger partial charge in [-0.15, -0.1) is 0 Å². The third kappa shape index (κ3) is 4.47. The van der Waals surface area contributed by atoms with Gasteiger partial charge < -0.3 is 10.2 Å². The maximum Gasteiger partial charge on any atom is 0.392 e. The lowest BCUT2D eigenvalue weighted by Crippen LogP contribution is -2.43. The van der Waals surface area contributed by atoms with Crippen molar-refractivity contribution in [1.82, 2.24) is 5.32 Å². The lowest BCUT2D eigenvalue weighted by molar-refractivity contribution is -0.198. The summed E-state index contributed by atoms with van der Waals surface area (Å²) < 4.78 is 39.4. The van der Waals surface area contributed by atoms with Crippen LogP contribution < -0.4 is 10.2 Å². The minimum atomic E-state index is -4.28. The normalized spacial score (nSPS) is 27.3. The van der Waals surface area contributed by atoms with Crippen LogP contribution in [0.15, 0.2) is 30.3 Å². The van der Waals surface area contributed by atoms with Crippen LogP contribution in [0.2, 0.25) is 0 Å². The molecule has 1 aromatic carbocycles. The molecule has 1 aliphatic heterocycles. The second-order valence-electron chi connectivity index (χ2n) is 7.22. The Morgan fingerprint density at radius 2 is 1.84 bits per heavy atom. The van der Waals surface area contributed by atoms with E-state index in [1.807, 2.05) is 18.2 Å². The number of carbonyl (C=O) groups excluding carboxylic acids is 1. The minimum absolute atomic E-state index is 0.0762. The molecule has 1 saturated heterocycles. The molecule has 0 unspecified atom stereocenters. The lowest BCUT2D eigenvalue weighted by Gasteiger charge is -2.32. The fraction of sp³-hybridized carbons (Fsp3) is 0.632. The molecular formula is C19H25F3N2O. The van der Waals surface area contributed by atoms with Crippen LogP contribution in [0.3, 0.4) is 0 Å². The molecule has 1 N–H and O–H groups in total. The molecule has 3 nitrogen and oxygen atoms in total. The number of hydrogen-bond donors (Lipinski definition) is 1. The fourth-order valence-electron chi connectivity index (χ4n) is 4.09. The highest BCUT2D eigenvalue weighted by molar-refractivity contribution is 5.79. The third-order valence-electron chi connectivity index (χ3n) is 5.50. The molecule has 1 heterocycles. The number of nitrogens with zero attached hydrogens (tertiary/aromatic N) is 1. The van der Waals surface area contributed by atoms with Gasteiger partial charge in [0.05, 0.1) is 5.92 Å². The predicted molar refractivity (Wildman–Crippen MR) is 91.3 cm³/mol. The van der Waals surface area contributed by atoms with E-state index in [1.165, 1.54) is 0 Å². The highest BCUT2D eigenvalue weighted by atomic mass is 19.4. The van der Waals surface area contributed by atoms with Crippen LogP contribution in [-0.4, -0.2) is 31.7 Å². The molecule has 3 atom stereocenters. The van der Waals surface area contributed by atoms with Crippen LogP contribution >= 0.6 is 0 Å². The van der Waals surface area contributed by atoms with Gasteiger partial charge in [0.1, 0.15) is 0 Å². The first kappa shape index (κ1) is 18.1. The summed E-state index contributed by atoms with van der Waals surface area (Å²) in [5.74, 6) is -2.52. The van der Waals surface area contributed by atoms with Gasteiger partial charge in [0.25, 0.3) is 0 Å². The SMILES string of the molecule is O=C(NC[C@@H]1CCN(c2ccccc2)C1)[C@H]1CCCC[C@@H]1C(F)(F)F. The largest absolute Gasteiger partial charge is 0.392 e. The van der Waals surface area contributed by atoms with Gasteiger partial charge in [0.15, 0.2) is 0 Å². The van der Waals surface area contributed by atoms with Gasteiger partial charge in [-0.3, -0.25) is 4.79 Å². The van der Waals surface area contributed by atoms with E-state index in [9.17, 15) is 18.0 Å². The van der Waals surface area contributed by atoms with Crippen LogP contribution in [0.25, 0.3) is 0 Å². The maximum absolute atomic E-state index is 13.1. The Balaban J connectivity index is 1.51. The standard InChI is InChI=1S/C19H25F3N2O/c20-19(21,22)17-9-5-4-8-16(17)18(25)23-12-14-10-11-24(13-14)15-6-2-1-3-7-15/h1-3,6-7,14,16-17H,4-5,8-13H2,(H,23,25)/t14-,16-,17-/m0/s1. The number of carbonyl (C=O) groups is 1. The monoisotopic (exact) mass is 354 g/mol. The first-order valence-corrected chi connectivity index (χ1v) is 9.09. The third-order valence-corrected chi connectivity index (χ3v) is 5.50. The summed E-state index contributed by atoms with van der Waals surface area (Å²) in [5.41, 5.74) is 1.15. The molecular weight excluding hydrogens is 329 g/mol. The van der Waals surface area contributed by atoms with E-state index >= 15 is 0 Å². The lowest BCUT2D eigenvalue weighted by atomic mass is 9.78. The first-order valence-electron chi connectivity index (χ1n) is 9.09. The second kappa shape index (κ2) is 7.67. The van der Waals surface area contributed by atoms with Crippen molar-refractivity contribution in [3.63, 3.8) is 0 Å². The van der Waals surface area contributed by atoms with Gasteiger partial charge in [-0.05, 0) is 37.3 Å². The zero-order valence-electron chi connectivity index (χ0n) is 14.3. The zero-order valence-corrected chi connectivity index (χ0v) is 14.3. The van der Waals surface area contributed by atoms with Crippen molar-refractivity contribution < 1.29 is 18.0 Å². The Labute approximate surface area is 146 Å². The van der Waals surface area contributed by atoms with Gasteiger partial charge in [-0.1, -0.05) is 31.0 Å². The molecule has 138 valence electrons. The topological polar surface area (TPSA) is 32.3 Å². The van der Waals surface area contributed by atoms with Gasteiger partial charge in [0.2, 0.25) is 5.91 Å². The van der Waals surface area contributed by atoms with E-state index in [1.54, 1.807) is 0 Å². The molecule has 1 aromatic rings. The smallest absolute Gasteiger partial charge is 0.371 e. The summed E-state index contributed by atoms with van der Waals surface area (Å²) in [6.45, 7) is 2.21. The van der Waals surface area contributed by atoms with Gasteiger partial charge in [-0.2, -0.15) is 13.2 Å². The molecule has 2 aliphatic rings. The first-order chi connectivity index (χ1) is 11.9. The molecule has 2 fully saturated rings. The number of hydrogen-bond acceptors (Lipinski definition) is 2. The molecule has 1 saturated carbocycles. The van der Waals surface area contributed by atoms with Gasteiger partial charge in [0, 0.05) is 31.2 Å². The van der Waals surface area contributed by atoms with Crippen LogP contribution in [-0.2, 0) is 4.79 Å². The molecule has 25 heavy (non-hydrogen) atoms. The predicted octanol–water partition coefficient (Wildman–Crippen LogP) is 4.00. The van der Waals surface area contributed by atoms with Crippen molar-refractivity contribution in [2.75, 3.05) is 24.5 Å². The number of amides is 1.